The largest absolute Gasteiger partial charge is 0.337 e. The maximum atomic E-state index is 13.7. The van der Waals surface area contributed by atoms with E-state index in [1.165, 1.54) is 16.2 Å². The summed E-state index contributed by atoms with van der Waals surface area (Å²) in [6, 6.07) is 25.9. The quantitative estimate of drug-likeness (QED) is 0.403. The highest BCUT2D eigenvalue weighted by molar-refractivity contribution is 7.18. The maximum absolute atomic E-state index is 13.7. The van der Waals surface area contributed by atoms with Gasteiger partial charge in [-0.2, -0.15) is 0 Å². The number of imide groups is 1. The van der Waals surface area contributed by atoms with Crippen LogP contribution in [0.2, 0.25) is 0 Å². The van der Waals surface area contributed by atoms with Crippen molar-refractivity contribution in [2.45, 2.75) is 18.5 Å². The minimum absolute atomic E-state index is 0.286. The molecule has 0 radical (unpaired) electrons. The van der Waals surface area contributed by atoms with Gasteiger partial charge in [-0.05, 0) is 23.3 Å². The van der Waals surface area contributed by atoms with Crippen molar-refractivity contribution < 1.29 is 14.4 Å². The lowest BCUT2D eigenvalue weighted by atomic mass is 9.83. The summed E-state index contributed by atoms with van der Waals surface area (Å²) in [4.78, 5) is 46.9. The van der Waals surface area contributed by atoms with Gasteiger partial charge in [0.05, 0.1) is 16.8 Å². The third-order valence-corrected chi connectivity index (χ3v) is 7.21. The fourth-order valence-electron chi connectivity index (χ4n) is 4.35. The van der Waals surface area contributed by atoms with Crippen molar-refractivity contribution in [3.63, 3.8) is 0 Å². The summed E-state index contributed by atoms with van der Waals surface area (Å²) >= 11 is 1.52. The second-order valence-electron chi connectivity index (χ2n) is 8.58. The molecule has 0 aliphatic carbocycles. The van der Waals surface area contributed by atoms with Crippen molar-refractivity contribution in [1.82, 2.24) is 20.1 Å². The van der Waals surface area contributed by atoms with Crippen LogP contribution in [0.5, 0.6) is 0 Å². The van der Waals surface area contributed by atoms with Crippen LogP contribution in [0.15, 0.2) is 84.9 Å². The predicted molar refractivity (Wildman–Crippen MR) is 135 cm³/mol. The van der Waals surface area contributed by atoms with Crippen LogP contribution >= 0.6 is 11.3 Å². The topological polar surface area (TPSA) is 82.6 Å². The zero-order valence-corrected chi connectivity index (χ0v) is 20.0. The number of hydrogen-bond acceptors (Lipinski definition) is 5. The summed E-state index contributed by atoms with van der Waals surface area (Å²) in [5, 5.41) is 3.69. The molecule has 1 aromatic heterocycles. The number of urea groups is 1. The number of hydrogen-bond donors (Lipinski definition) is 1. The molecule has 176 valence electrons. The van der Waals surface area contributed by atoms with Gasteiger partial charge in [-0.1, -0.05) is 72.8 Å². The summed E-state index contributed by atoms with van der Waals surface area (Å²) in [7, 11) is 1.65. The van der Waals surface area contributed by atoms with Gasteiger partial charge >= 0.3 is 6.03 Å². The first-order valence-corrected chi connectivity index (χ1v) is 12.1. The first kappa shape index (κ1) is 22.7. The van der Waals surface area contributed by atoms with Gasteiger partial charge in [0.15, 0.2) is 5.54 Å². The first-order valence-electron chi connectivity index (χ1n) is 11.3. The van der Waals surface area contributed by atoms with Crippen LogP contribution in [-0.2, 0) is 28.1 Å². The number of nitrogens with zero attached hydrogens (tertiary/aromatic N) is 3. The minimum atomic E-state index is -1.27. The van der Waals surface area contributed by atoms with Gasteiger partial charge in [0, 0.05) is 13.5 Å². The Labute approximate surface area is 207 Å². The number of aromatic nitrogens is 1. The molecule has 4 amide bonds. The normalized spacial score (nSPS) is 17.6. The van der Waals surface area contributed by atoms with Gasteiger partial charge in [0.25, 0.3) is 5.91 Å². The molecule has 2 heterocycles. The number of carbonyl (C=O) groups is 3. The van der Waals surface area contributed by atoms with Crippen LogP contribution in [0.25, 0.3) is 10.2 Å². The van der Waals surface area contributed by atoms with Gasteiger partial charge < -0.3 is 10.2 Å². The summed E-state index contributed by atoms with van der Waals surface area (Å²) in [6.07, 6.45) is 0.286. The molecule has 1 aliphatic rings. The molecule has 1 fully saturated rings. The smallest absolute Gasteiger partial charge is 0.325 e. The Balaban J connectivity index is 1.36. The van der Waals surface area contributed by atoms with E-state index in [-0.39, 0.29) is 18.9 Å². The van der Waals surface area contributed by atoms with Crippen molar-refractivity contribution in [2.24, 2.45) is 0 Å². The van der Waals surface area contributed by atoms with Crippen LogP contribution in [0.1, 0.15) is 16.1 Å². The number of fused-ring (bicyclic) bond motifs is 1. The average Bonchev–Trinajstić information content (AvgIpc) is 3.39. The Bertz CT molecular complexity index is 1360. The van der Waals surface area contributed by atoms with E-state index in [2.05, 4.69) is 10.3 Å². The van der Waals surface area contributed by atoms with E-state index in [1.807, 2.05) is 84.9 Å². The molecule has 0 saturated carbocycles. The fraction of sp³-hybridized carbons (Fsp3) is 0.185. The van der Waals surface area contributed by atoms with Crippen LogP contribution in [-0.4, -0.2) is 46.2 Å². The van der Waals surface area contributed by atoms with Gasteiger partial charge in [0.2, 0.25) is 5.91 Å². The van der Waals surface area contributed by atoms with Crippen LogP contribution < -0.4 is 5.32 Å². The van der Waals surface area contributed by atoms with E-state index in [4.69, 9.17) is 0 Å². The molecule has 1 atom stereocenters. The van der Waals surface area contributed by atoms with Crippen molar-refractivity contribution in [3.05, 3.63) is 101 Å². The number of benzene rings is 3. The standard InChI is InChI=1S/C27H24N4O3S/c1-30(17-23-28-21-14-8-9-15-22(21)35-23)24(32)18-31-25(33)27(29-26(31)34,20-12-6-3-7-13-20)16-19-10-4-2-5-11-19/h2-15H,16-18H2,1H3,(H,29,34)/t27-/m1/s1. The Morgan fingerprint density at radius 2 is 1.63 bits per heavy atom. The van der Waals surface area contributed by atoms with E-state index in [9.17, 15) is 14.4 Å². The molecule has 35 heavy (non-hydrogen) atoms. The van der Waals surface area contributed by atoms with Crippen LogP contribution in [0.3, 0.4) is 0 Å². The van der Waals surface area contributed by atoms with E-state index >= 15 is 0 Å². The number of rotatable bonds is 7. The summed E-state index contributed by atoms with van der Waals surface area (Å²) in [5.74, 6) is -0.768. The monoisotopic (exact) mass is 484 g/mol. The lowest BCUT2D eigenvalue weighted by molar-refractivity contribution is -0.138. The number of para-hydroxylation sites is 1. The zero-order chi connectivity index (χ0) is 24.4. The van der Waals surface area contributed by atoms with E-state index < -0.39 is 17.5 Å². The second-order valence-corrected chi connectivity index (χ2v) is 9.70. The number of likely N-dealkylation sites (N-methyl/N-ethyl adjacent to an activating group) is 1. The van der Waals surface area contributed by atoms with Crippen LogP contribution in [0, 0.1) is 0 Å². The third kappa shape index (κ3) is 4.40. The lowest BCUT2D eigenvalue weighted by Gasteiger charge is -2.28. The number of amides is 4. The van der Waals surface area contributed by atoms with Crippen molar-refractivity contribution >= 4 is 39.4 Å². The highest BCUT2D eigenvalue weighted by Crippen LogP contribution is 2.33. The zero-order valence-electron chi connectivity index (χ0n) is 19.2. The minimum Gasteiger partial charge on any atom is -0.337 e. The predicted octanol–water partition coefficient (Wildman–Crippen LogP) is 3.94. The fourth-order valence-corrected chi connectivity index (χ4v) is 5.37. The Morgan fingerprint density at radius 3 is 2.34 bits per heavy atom. The van der Waals surface area contributed by atoms with Gasteiger partial charge in [-0.15, -0.1) is 11.3 Å². The molecular formula is C27H24N4O3S. The molecule has 5 rings (SSSR count). The molecule has 3 aromatic carbocycles. The first-order chi connectivity index (χ1) is 17.0. The van der Waals surface area contributed by atoms with Crippen molar-refractivity contribution in [1.29, 1.82) is 0 Å². The third-order valence-electron chi connectivity index (χ3n) is 6.18. The van der Waals surface area contributed by atoms with Gasteiger partial charge in [0.1, 0.15) is 11.6 Å². The van der Waals surface area contributed by atoms with Gasteiger partial charge in [-0.25, -0.2) is 9.78 Å². The number of carbonyl (C=O) groups excluding carboxylic acids is 3. The van der Waals surface area contributed by atoms with Crippen molar-refractivity contribution in [3.8, 4) is 0 Å². The molecule has 0 unspecified atom stereocenters. The summed E-state index contributed by atoms with van der Waals surface area (Å²) in [6.45, 7) is -0.0366. The van der Waals surface area contributed by atoms with Gasteiger partial charge in [-0.3, -0.25) is 14.5 Å². The number of thiazole rings is 1. The molecule has 1 saturated heterocycles. The molecule has 0 spiro atoms. The molecule has 8 heteroatoms. The molecule has 7 nitrogen and oxygen atoms in total. The van der Waals surface area contributed by atoms with E-state index in [0.717, 1.165) is 25.7 Å². The molecule has 4 aromatic rings. The Morgan fingerprint density at radius 1 is 0.971 bits per heavy atom. The maximum Gasteiger partial charge on any atom is 0.325 e. The molecular weight excluding hydrogens is 460 g/mol. The highest BCUT2D eigenvalue weighted by Gasteiger charge is 2.52. The average molecular weight is 485 g/mol. The van der Waals surface area contributed by atoms with Crippen molar-refractivity contribution in [2.75, 3.05) is 13.6 Å². The molecule has 1 N–H and O–H groups in total. The summed E-state index contributed by atoms with van der Waals surface area (Å²) in [5.41, 5.74) is 1.20. The van der Waals surface area contributed by atoms with E-state index in [1.54, 1.807) is 7.05 Å². The SMILES string of the molecule is CN(Cc1nc2ccccc2s1)C(=O)CN1C(=O)N[C@](Cc2ccccc2)(c2ccccc2)C1=O. The lowest BCUT2D eigenvalue weighted by Crippen LogP contribution is -2.47. The molecule has 0 bridgehead atoms. The highest BCUT2D eigenvalue weighted by atomic mass is 32.1. The van der Waals surface area contributed by atoms with E-state index in [0.29, 0.717) is 12.1 Å². The Kier molecular flexibility index (Phi) is 6.05. The summed E-state index contributed by atoms with van der Waals surface area (Å²) < 4.78 is 1.05. The molecule has 1 aliphatic heterocycles. The Hall–Kier alpha value is -4.04. The number of nitrogens with one attached hydrogen (secondary N) is 1. The second kappa shape index (κ2) is 9.31. The van der Waals surface area contributed by atoms with Crippen LogP contribution in [0.4, 0.5) is 4.79 Å².